The maximum Gasteiger partial charge on any atom is 0.410 e. The summed E-state index contributed by atoms with van der Waals surface area (Å²) in [5.74, 6) is -0.888. The number of hydrazine groups is 1. The number of rotatable bonds is 5. The van der Waals surface area contributed by atoms with Gasteiger partial charge in [0.1, 0.15) is 23.7 Å². The molecule has 1 aromatic rings. The van der Waals surface area contributed by atoms with Gasteiger partial charge < -0.3 is 15.4 Å². The van der Waals surface area contributed by atoms with Crippen LogP contribution in [0.3, 0.4) is 0 Å². The number of benzene rings is 1. The van der Waals surface area contributed by atoms with Crippen molar-refractivity contribution in [3.8, 4) is 0 Å². The lowest BCUT2D eigenvalue weighted by Gasteiger charge is -2.34. The van der Waals surface area contributed by atoms with Gasteiger partial charge in [0.2, 0.25) is 11.8 Å². The Bertz CT molecular complexity index is 1070. The Labute approximate surface area is 225 Å². The number of aryl methyl sites for hydroxylation is 1. The van der Waals surface area contributed by atoms with Gasteiger partial charge in [-0.1, -0.05) is 24.3 Å². The molecule has 0 saturated carbocycles. The first-order valence-corrected chi connectivity index (χ1v) is 13.7. The zero-order valence-electron chi connectivity index (χ0n) is 23.2. The van der Waals surface area contributed by atoms with E-state index in [1.54, 1.807) is 32.7 Å². The summed E-state index contributed by atoms with van der Waals surface area (Å²) in [5, 5.41) is 9.54. The molecule has 2 fully saturated rings. The van der Waals surface area contributed by atoms with E-state index in [1.165, 1.54) is 17.5 Å². The van der Waals surface area contributed by atoms with Gasteiger partial charge in [-0.3, -0.25) is 24.3 Å². The van der Waals surface area contributed by atoms with Crippen molar-refractivity contribution in [3.05, 3.63) is 35.4 Å². The van der Waals surface area contributed by atoms with Crippen molar-refractivity contribution < 1.29 is 23.9 Å². The molecule has 38 heavy (non-hydrogen) atoms. The van der Waals surface area contributed by atoms with Crippen molar-refractivity contribution >= 4 is 23.8 Å². The summed E-state index contributed by atoms with van der Waals surface area (Å²) in [5.41, 5.74) is 1.72. The quantitative estimate of drug-likeness (QED) is 0.609. The fourth-order valence-corrected chi connectivity index (χ4v) is 5.48. The van der Waals surface area contributed by atoms with Gasteiger partial charge in [-0.05, 0) is 77.3 Å². The van der Waals surface area contributed by atoms with Crippen molar-refractivity contribution in [1.29, 1.82) is 0 Å². The predicted molar refractivity (Wildman–Crippen MR) is 142 cm³/mol. The summed E-state index contributed by atoms with van der Waals surface area (Å²) < 4.78 is 5.36. The van der Waals surface area contributed by atoms with Crippen molar-refractivity contribution in [3.63, 3.8) is 0 Å². The van der Waals surface area contributed by atoms with Gasteiger partial charge in [0.25, 0.3) is 5.91 Å². The highest BCUT2D eigenvalue weighted by Gasteiger charge is 2.45. The van der Waals surface area contributed by atoms with Gasteiger partial charge in [0.15, 0.2) is 0 Å². The van der Waals surface area contributed by atoms with E-state index in [0.717, 1.165) is 24.8 Å². The number of fused-ring (bicyclic) bond motifs is 2. The van der Waals surface area contributed by atoms with E-state index in [1.807, 2.05) is 17.1 Å². The van der Waals surface area contributed by atoms with Crippen LogP contribution >= 0.6 is 0 Å². The average molecular weight is 528 g/mol. The van der Waals surface area contributed by atoms with Crippen LogP contribution in [0.5, 0.6) is 0 Å². The summed E-state index contributed by atoms with van der Waals surface area (Å²) >= 11 is 0. The SMILES string of the molecule is C[C@@H](C(=O)N[C@H]1CCCN2CC[C@@H](C(=O)N[C@@H]3CCCc4ccccc43)N2C1=O)N(C)C(=O)OC(C)(C)C. The molecule has 0 bridgehead atoms. The number of carbonyl (C=O) groups excluding carboxylic acids is 4. The Morgan fingerprint density at radius 1 is 1.03 bits per heavy atom. The lowest BCUT2D eigenvalue weighted by atomic mass is 9.87. The summed E-state index contributed by atoms with van der Waals surface area (Å²) in [4.78, 5) is 53.8. The van der Waals surface area contributed by atoms with Crippen LogP contribution in [-0.4, -0.2) is 82.6 Å². The number of nitrogens with zero attached hydrogens (tertiary/aromatic N) is 3. The molecule has 0 radical (unpaired) electrons. The van der Waals surface area contributed by atoms with Crippen LogP contribution in [0.2, 0.25) is 0 Å². The van der Waals surface area contributed by atoms with Gasteiger partial charge in [-0.2, -0.15) is 0 Å². The Kier molecular flexibility index (Phi) is 8.30. The number of likely N-dealkylation sites (N-methyl/N-ethyl adjacent to an activating group) is 1. The molecule has 4 rings (SSSR count). The van der Waals surface area contributed by atoms with Crippen LogP contribution in [0.15, 0.2) is 24.3 Å². The highest BCUT2D eigenvalue weighted by atomic mass is 16.6. The van der Waals surface area contributed by atoms with E-state index in [0.29, 0.717) is 32.4 Å². The van der Waals surface area contributed by atoms with Gasteiger partial charge in [-0.15, -0.1) is 0 Å². The third-order valence-electron chi connectivity index (χ3n) is 7.64. The summed E-state index contributed by atoms with van der Waals surface area (Å²) in [6.07, 6.45) is 3.98. The van der Waals surface area contributed by atoms with Gasteiger partial charge in [0, 0.05) is 20.1 Å². The molecule has 2 aliphatic heterocycles. The summed E-state index contributed by atoms with van der Waals surface area (Å²) in [6, 6.07) is 5.91. The molecule has 10 heteroatoms. The first kappa shape index (κ1) is 27.9. The van der Waals surface area contributed by atoms with Gasteiger partial charge in [0.05, 0.1) is 6.04 Å². The van der Waals surface area contributed by atoms with E-state index in [9.17, 15) is 19.2 Å². The highest BCUT2D eigenvalue weighted by molar-refractivity contribution is 5.94. The Morgan fingerprint density at radius 3 is 2.47 bits per heavy atom. The molecule has 0 unspecified atom stereocenters. The van der Waals surface area contributed by atoms with Crippen LogP contribution in [0.4, 0.5) is 4.79 Å². The fourth-order valence-electron chi connectivity index (χ4n) is 5.48. The smallest absolute Gasteiger partial charge is 0.410 e. The molecule has 2 N–H and O–H groups in total. The monoisotopic (exact) mass is 527 g/mol. The lowest BCUT2D eigenvalue weighted by molar-refractivity contribution is -0.154. The first-order valence-electron chi connectivity index (χ1n) is 13.7. The zero-order chi connectivity index (χ0) is 27.6. The minimum atomic E-state index is -0.832. The molecule has 0 spiro atoms. The summed E-state index contributed by atoms with van der Waals surface area (Å²) in [7, 11) is 1.50. The van der Waals surface area contributed by atoms with Crippen LogP contribution in [0, 0.1) is 0 Å². The molecule has 10 nitrogen and oxygen atoms in total. The summed E-state index contributed by atoms with van der Waals surface area (Å²) in [6.45, 7) is 8.13. The normalized spacial score (nSPS) is 24.5. The third kappa shape index (κ3) is 6.11. The second-order valence-electron chi connectivity index (χ2n) is 11.6. The highest BCUT2D eigenvalue weighted by Crippen LogP contribution is 2.31. The largest absolute Gasteiger partial charge is 0.444 e. The molecule has 208 valence electrons. The molecule has 4 atom stereocenters. The second kappa shape index (κ2) is 11.3. The molecular formula is C28H41N5O5. The molecular weight excluding hydrogens is 486 g/mol. The molecule has 4 amide bonds. The van der Waals surface area contributed by atoms with Crippen LogP contribution in [0.1, 0.15) is 77.0 Å². The van der Waals surface area contributed by atoms with E-state index >= 15 is 0 Å². The average Bonchev–Trinajstić information content (AvgIpc) is 3.23. The van der Waals surface area contributed by atoms with Gasteiger partial charge >= 0.3 is 6.09 Å². The molecule has 0 aromatic heterocycles. The molecule has 1 aliphatic carbocycles. The maximum atomic E-state index is 13.7. The van der Waals surface area contributed by atoms with Gasteiger partial charge in [-0.25, -0.2) is 9.80 Å². The predicted octanol–water partition coefficient (Wildman–Crippen LogP) is 2.53. The number of hydrogen-bond acceptors (Lipinski definition) is 6. The zero-order valence-corrected chi connectivity index (χ0v) is 23.2. The van der Waals surface area contributed by atoms with Crippen LogP contribution < -0.4 is 10.6 Å². The minimum absolute atomic E-state index is 0.0664. The minimum Gasteiger partial charge on any atom is -0.444 e. The standard InChI is InChI=1S/C28H41N5O5/c1-18(31(5)27(37)38-28(2,3)4)24(34)30-22-14-9-16-32-17-15-23(33(32)26(22)36)25(35)29-21-13-8-11-19-10-6-7-12-20(19)21/h6-7,10,12,18,21-23H,8-9,11,13-17H2,1-5H3,(H,29,35)(H,30,34)/t18-,21+,22-,23-/m0/s1. The number of ether oxygens (including phenoxy) is 1. The number of hydrogen-bond donors (Lipinski definition) is 2. The number of nitrogens with one attached hydrogen (secondary N) is 2. The van der Waals surface area contributed by atoms with E-state index in [4.69, 9.17) is 4.74 Å². The van der Waals surface area contributed by atoms with E-state index < -0.39 is 35.7 Å². The topological polar surface area (TPSA) is 111 Å². The van der Waals surface area contributed by atoms with Crippen molar-refractivity contribution in [1.82, 2.24) is 25.6 Å². The Morgan fingerprint density at radius 2 is 1.74 bits per heavy atom. The third-order valence-corrected chi connectivity index (χ3v) is 7.64. The van der Waals surface area contributed by atoms with E-state index in [2.05, 4.69) is 22.8 Å². The van der Waals surface area contributed by atoms with E-state index in [-0.39, 0.29) is 17.9 Å². The lowest BCUT2D eigenvalue weighted by Crippen LogP contribution is -2.58. The number of amides is 4. The fraction of sp³-hybridized carbons (Fsp3) is 0.643. The van der Waals surface area contributed by atoms with Crippen molar-refractivity contribution in [2.24, 2.45) is 0 Å². The molecule has 1 aromatic carbocycles. The molecule has 2 saturated heterocycles. The van der Waals surface area contributed by atoms with Crippen LogP contribution in [-0.2, 0) is 25.5 Å². The second-order valence-corrected chi connectivity index (χ2v) is 11.6. The maximum absolute atomic E-state index is 13.7. The van der Waals surface area contributed by atoms with Crippen molar-refractivity contribution in [2.75, 3.05) is 20.1 Å². The van der Waals surface area contributed by atoms with Crippen LogP contribution in [0.25, 0.3) is 0 Å². The Hall–Kier alpha value is -3.14. The molecule has 3 aliphatic rings. The Balaban J connectivity index is 1.42. The molecule has 2 heterocycles. The number of carbonyl (C=O) groups is 4. The first-order chi connectivity index (χ1) is 18.0. The van der Waals surface area contributed by atoms with Crippen molar-refractivity contribution in [2.45, 2.75) is 96.0 Å².